The predicted octanol–water partition coefficient (Wildman–Crippen LogP) is 4.48. The summed E-state index contributed by atoms with van der Waals surface area (Å²) < 4.78 is 18.4. The van der Waals surface area contributed by atoms with Gasteiger partial charge in [-0.05, 0) is 56.3 Å². The van der Waals surface area contributed by atoms with Crippen molar-refractivity contribution in [2.75, 3.05) is 13.9 Å². The Morgan fingerprint density at radius 1 is 0.966 bits per heavy atom. The zero-order valence-electron chi connectivity index (χ0n) is 16.4. The number of fused-ring (bicyclic) bond motifs is 2. The molecule has 0 fully saturated rings. The Kier molecular flexibility index (Phi) is 4.08. The standard InChI is InChI=1S/C22H20N4O3/c1-13(2)26-21(15-6-9-17-18(10-15)29-12-28-17)25-20-19(23-11-24-22(20)26)14-4-7-16(27-3)8-5-14/h4-11,13H,12H2,1-3H3. The Morgan fingerprint density at radius 3 is 2.48 bits per heavy atom. The SMILES string of the molecule is COc1ccc(-c2ncnc3c2nc(-c2ccc4c(c2)OCO4)n3C(C)C)cc1. The van der Waals surface area contributed by atoms with Crippen LogP contribution in [0.3, 0.4) is 0 Å². The molecule has 0 atom stereocenters. The highest BCUT2D eigenvalue weighted by atomic mass is 16.7. The fourth-order valence-corrected chi connectivity index (χ4v) is 3.60. The van der Waals surface area contributed by atoms with E-state index in [4.69, 9.17) is 19.2 Å². The second-order valence-electron chi connectivity index (χ2n) is 7.09. The summed E-state index contributed by atoms with van der Waals surface area (Å²) in [5.41, 5.74) is 4.26. The van der Waals surface area contributed by atoms with Gasteiger partial charge in [-0.2, -0.15) is 0 Å². The lowest BCUT2D eigenvalue weighted by Gasteiger charge is -2.12. The molecule has 0 amide bonds. The van der Waals surface area contributed by atoms with Crippen molar-refractivity contribution in [2.45, 2.75) is 19.9 Å². The lowest BCUT2D eigenvalue weighted by Crippen LogP contribution is -2.04. The van der Waals surface area contributed by atoms with E-state index in [-0.39, 0.29) is 12.8 Å². The minimum absolute atomic E-state index is 0.166. The Bertz CT molecular complexity index is 1200. The van der Waals surface area contributed by atoms with E-state index in [2.05, 4.69) is 28.4 Å². The van der Waals surface area contributed by atoms with Crippen molar-refractivity contribution in [3.8, 4) is 39.9 Å². The van der Waals surface area contributed by atoms with E-state index >= 15 is 0 Å². The lowest BCUT2D eigenvalue weighted by molar-refractivity contribution is 0.174. The molecule has 2 aromatic heterocycles. The van der Waals surface area contributed by atoms with Gasteiger partial charge < -0.3 is 18.8 Å². The van der Waals surface area contributed by atoms with Gasteiger partial charge in [0.15, 0.2) is 17.1 Å². The van der Waals surface area contributed by atoms with Crippen LogP contribution in [-0.4, -0.2) is 33.4 Å². The van der Waals surface area contributed by atoms with Gasteiger partial charge in [0, 0.05) is 17.2 Å². The van der Waals surface area contributed by atoms with Gasteiger partial charge in [-0.15, -0.1) is 0 Å². The van der Waals surface area contributed by atoms with Crippen LogP contribution in [-0.2, 0) is 0 Å². The molecule has 146 valence electrons. The molecule has 0 unspecified atom stereocenters. The number of imidazole rings is 1. The van der Waals surface area contributed by atoms with E-state index in [1.807, 2.05) is 42.5 Å². The van der Waals surface area contributed by atoms with Gasteiger partial charge in [-0.1, -0.05) is 0 Å². The van der Waals surface area contributed by atoms with Crippen LogP contribution in [0.5, 0.6) is 17.2 Å². The molecule has 7 heteroatoms. The predicted molar refractivity (Wildman–Crippen MR) is 109 cm³/mol. The number of hydrogen-bond donors (Lipinski definition) is 0. The van der Waals surface area contributed by atoms with Gasteiger partial charge >= 0.3 is 0 Å². The molecule has 2 aromatic carbocycles. The number of benzene rings is 2. The van der Waals surface area contributed by atoms with Gasteiger partial charge in [0.2, 0.25) is 6.79 Å². The van der Waals surface area contributed by atoms with E-state index in [1.165, 1.54) is 0 Å². The van der Waals surface area contributed by atoms with Crippen molar-refractivity contribution < 1.29 is 14.2 Å². The maximum atomic E-state index is 5.55. The third-order valence-electron chi connectivity index (χ3n) is 4.99. The number of rotatable bonds is 4. The molecule has 0 N–H and O–H groups in total. The average Bonchev–Trinajstić information content (AvgIpc) is 3.37. The molecule has 0 aliphatic carbocycles. The van der Waals surface area contributed by atoms with E-state index in [9.17, 15) is 0 Å². The van der Waals surface area contributed by atoms with Crippen molar-refractivity contribution >= 4 is 11.2 Å². The second-order valence-corrected chi connectivity index (χ2v) is 7.09. The molecule has 0 spiro atoms. The molecule has 0 radical (unpaired) electrons. The molecule has 4 aromatic rings. The number of hydrogen-bond acceptors (Lipinski definition) is 6. The molecule has 0 bridgehead atoms. The van der Waals surface area contributed by atoms with Crippen molar-refractivity contribution in [1.82, 2.24) is 19.5 Å². The topological polar surface area (TPSA) is 71.3 Å². The first kappa shape index (κ1) is 17.5. The highest BCUT2D eigenvalue weighted by molar-refractivity contribution is 5.90. The quantitative estimate of drug-likeness (QED) is 0.513. The fourth-order valence-electron chi connectivity index (χ4n) is 3.60. The Hall–Kier alpha value is -3.61. The van der Waals surface area contributed by atoms with E-state index in [0.29, 0.717) is 0 Å². The summed E-state index contributed by atoms with van der Waals surface area (Å²) in [6, 6.07) is 13.8. The normalized spacial score (nSPS) is 12.7. The maximum absolute atomic E-state index is 5.55. The van der Waals surface area contributed by atoms with Gasteiger partial charge in [0.05, 0.1) is 7.11 Å². The zero-order valence-corrected chi connectivity index (χ0v) is 16.4. The minimum atomic E-state index is 0.166. The van der Waals surface area contributed by atoms with Crippen molar-refractivity contribution in [3.63, 3.8) is 0 Å². The largest absolute Gasteiger partial charge is 0.497 e. The number of nitrogens with zero attached hydrogens (tertiary/aromatic N) is 4. The van der Waals surface area contributed by atoms with Crippen LogP contribution < -0.4 is 14.2 Å². The molecule has 0 saturated heterocycles. The van der Waals surface area contributed by atoms with Gasteiger partial charge in [0.1, 0.15) is 29.1 Å². The third kappa shape index (κ3) is 2.86. The van der Waals surface area contributed by atoms with Crippen LogP contribution in [0, 0.1) is 0 Å². The molecule has 7 nitrogen and oxygen atoms in total. The summed E-state index contributed by atoms with van der Waals surface area (Å²) >= 11 is 0. The highest BCUT2D eigenvalue weighted by Crippen LogP contribution is 2.38. The summed E-state index contributed by atoms with van der Waals surface area (Å²) in [7, 11) is 1.65. The highest BCUT2D eigenvalue weighted by Gasteiger charge is 2.22. The fraction of sp³-hybridized carbons (Fsp3) is 0.227. The van der Waals surface area contributed by atoms with Crippen molar-refractivity contribution in [1.29, 1.82) is 0 Å². The van der Waals surface area contributed by atoms with Crippen LogP contribution >= 0.6 is 0 Å². The van der Waals surface area contributed by atoms with Gasteiger partial charge in [0.25, 0.3) is 0 Å². The van der Waals surface area contributed by atoms with Crippen molar-refractivity contribution in [3.05, 3.63) is 48.8 Å². The van der Waals surface area contributed by atoms with E-state index in [0.717, 1.165) is 51.1 Å². The summed E-state index contributed by atoms with van der Waals surface area (Å²) in [4.78, 5) is 14.0. The summed E-state index contributed by atoms with van der Waals surface area (Å²) in [5.74, 6) is 3.10. The first-order chi connectivity index (χ1) is 14.2. The Balaban J connectivity index is 1.71. The number of ether oxygens (including phenoxy) is 3. The third-order valence-corrected chi connectivity index (χ3v) is 4.99. The first-order valence-corrected chi connectivity index (χ1v) is 9.43. The number of methoxy groups -OCH3 is 1. The van der Waals surface area contributed by atoms with Crippen LogP contribution in [0.4, 0.5) is 0 Å². The summed E-state index contributed by atoms with van der Waals surface area (Å²) in [6.07, 6.45) is 1.59. The lowest BCUT2D eigenvalue weighted by atomic mass is 10.1. The van der Waals surface area contributed by atoms with Crippen LogP contribution in [0.15, 0.2) is 48.8 Å². The monoisotopic (exact) mass is 388 g/mol. The minimum Gasteiger partial charge on any atom is -0.497 e. The second kappa shape index (κ2) is 6.77. The molecular weight excluding hydrogens is 368 g/mol. The summed E-state index contributed by atoms with van der Waals surface area (Å²) in [5, 5.41) is 0. The summed E-state index contributed by atoms with van der Waals surface area (Å²) in [6.45, 7) is 4.48. The van der Waals surface area contributed by atoms with Crippen molar-refractivity contribution in [2.24, 2.45) is 0 Å². The first-order valence-electron chi connectivity index (χ1n) is 9.43. The van der Waals surface area contributed by atoms with E-state index < -0.39 is 0 Å². The van der Waals surface area contributed by atoms with Gasteiger partial charge in [-0.3, -0.25) is 0 Å². The van der Waals surface area contributed by atoms with Crippen LogP contribution in [0.1, 0.15) is 19.9 Å². The molecule has 0 saturated carbocycles. The number of aromatic nitrogens is 4. The van der Waals surface area contributed by atoms with Crippen LogP contribution in [0.2, 0.25) is 0 Å². The molecule has 1 aliphatic rings. The molecular formula is C22H20N4O3. The molecule has 29 heavy (non-hydrogen) atoms. The zero-order chi connectivity index (χ0) is 20.0. The van der Waals surface area contributed by atoms with Crippen LogP contribution in [0.25, 0.3) is 33.8 Å². The maximum Gasteiger partial charge on any atom is 0.231 e. The van der Waals surface area contributed by atoms with Gasteiger partial charge in [-0.25, -0.2) is 15.0 Å². The molecule has 5 rings (SSSR count). The molecule has 3 heterocycles. The Labute approximate surface area is 167 Å². The smallest absolute Gasteiger partial charge is 0.231 e. The average molecular weight is 388 g/mol. The molecule has 1 aliphatic heterocycles. The van der Waals surface area contributed by atoms with E-state index in [1.54, 1.807) is 13.4 Å². The Morgan fingerprint density at radius 2 is 1.72 bits per heavy atom.